The molecule has 2 aromatic heterocycles. The molecule has 180 valence electrons. The number of rotatable bonds is 6. The number of fused-ring (bicyclic) bond motifs is 1. The van der Waals surface area contributed by atoms with Crippen LogP contribution in [0.15, 0.2) is 60.7 Å². The van der Waals surface area contributed by atoms with Crippen LogP contribution in [0.3, 0.4) is 0 Å². The predicted octanol–water partition coefficient (Wildman–Crippen LogP) is 4.55. The maximum absolute atomic E-state index is 12.8. The van der Waals surface area contributed by atoms with E-state index < -0.39 is 0 Å². The summed E-state index contributed by atoms with van der Waals surface area (Å²) in [6, 6.07) is 20.3. The number of methoxy groups -OCH3 is 1. The van der Waals surface area contributed by atoms with Crippen LogP contribution in [-0.2, 0) is 11.3 Å². The summed E-state index contributed by atoms with van der Waals surface area (Å²) in [5.74, 6) is 2.01. The molecular weight excluding hydrogens is 438 g/mol. The van der Waals surface area contributed by atoms with Crippen molar-refractivity contribution in [3.05, 3.63) is 77.5 Å². The maximum Gasteiger partial charge on any atom is 0.223 e. The zero-order valence-corrected chi connectivity index (χ0v) is 20.5. The second-order valence-corrected chi connectivity index (χ2v) is 9.25. The van der Waals surface area contributed by atoms with Crippen molar-refractivity contribution in [1.82, 2.24) is 19.9 Å². The van der Waals surface area contributed by atoms with Crippen molar-refractivity contribution in [2.75, 3.05) is 25.1 Å². The Morgan fingerprint density at radius 3 is 2.43 bits per heavy atom. The molecule has 1 aliphatic rings. The molecule has 7 heteroatoms. The van der Waals surface area contributed by atoms with Gasteiger partial charge in [0.15, 0.2) is 5.65 Å². The zero-order valence-electron chi connectivity index (χ0n) is 20.5. The molecule has 0 saturated carbocycles. The Morgan fingerprint density at radius 2 is 1.74 bits per heavy atom. The van der Waals surface area contributed by atoms with E-state index in [1.807, 2.05) is 41.8 Å². The number of ether oxygens (including phenoxy) is 1. The van der Waals surface area contributed by atoms with E-state index in [4.69, 9.17) is 14.8 Å². The van der Waals surface area contributed by atoms with Crippen molar-refractivity contribution in [2.45, 2.75) is 33.2 Å². The molecule has 1 saturated heterocycles. The fourth-order valence-electron chi connectivity index (χ4n) is 4.62. The van der Waals surface area contributed by atoms with Gasteiger partial charge in [-0.3, -0.25) is 4.79 Å². The van der Waals surface area contributed by atoms with E-state index >= 15 is 0 Å². The number of aryl methyl sites for hydroxylation is 2. The molecule has 5 rings (SSSR count). The molecule has 0 bridgehead atoms. The quantitative estimate of drug-likeness (QED) is 0.448. The van der Waals surface area contributed by atoms with Gasteiger partial charge in [0.25, 0.3) is 0 Å². The molecule has 0 unspecified atom stereocenters. The molecule has 1 N–H and O–H groups in total. The average molecular weight is 470 g/mol. The first kappa shape index (κ1) is 22.9. The Hall–Kier alpha value is -3.87. The van der Waals surface area contributed by atoms with Crippen LogP contribution in [0.25, 0.3) is 16.9 Å². The Bertz CT molecular complexity index is 1320. The van der Waals surface area contributed by atoms with Gasteiger partial charge in [-0.1, -0.05) is 29.8 Å². The minimum Gasteiger partial charge on any atom is -0.497 e. The summed E-state index contributed by atoms with van der Waals surface area (Å²) in [6.07, 6.45) is 1.63. The van der Waals surface area contributed by atoms with Crippen molar-refractivity contribution >= 4 is 17.4 Å². The summed E-state index contributed by atoms with van der Waals surface area (Å²) in [5, 5.41) is 7.99. The van der Waals surface area contributed by atoms with Crippen molar-refractivity contribution in [3.63, 3.8) is 0 Å². The fraction of sp³-hybridized carbons (Fsp3) is 0.321. The van der Waals surface area contributed by atoms with Gasteiger partial charge in [-0.05, 0) is 56.5 Å². The van der Waals surface area contributed by atoms with E-state index in [9.17, 15) is 4.79 Å². The summed E-state index contributed by atoms with van der Waals surface area (Å²) in [5.41, 5.74) is 6.01. The van der Waals surface area contributed by atoms with Gasteiger partial charge >= 0.3 is 0 Å². The lowest BCUT2D eigenvalue weighted by atomic mass is 9.95. The Kier molecular flexibility index (Phi) is 6.40. The molecule has 4 aromatic rings. The Morgan fingerprint density at radius 1 is 1.03 bits per heavy atom. The predicted molar refractivity (Wildman–Crippen MR) is 138 cm³/mol. The SMILES string of the molecule is COc1ccc(-c2cc3nc(C)cc(N4CCC(C(=O)NCc5ccc(C)cc5)CC4)n3n2)cc1. The van der Waals surface area contributed by atoms with Gasteiger partial charge in [0, 0.05) is 48.9 Å². The summed E-state index contributed by atoms with van der Waals surface area (Å²) >= 11 is 0. The van der Waals surface area contributed by atoms with E-state index in [0.29, 0.717) is 6.54 Å². The molecular formula is C28H31N5O2. The molecule has 0 atom stereocenters. The van der Waals surface area contributed by atoms with E-state index in [0.717, 1.165) is 65.7 Å². The van der Waals surface area contributed by atoms with Crippen LogP contribution in [0.2, 0.25) is 0 Å². The molecule has 3 heterocycles. The van der Waals surface area contributed by atoms with Gasteiger partial charge in [0.05, 0.1) is 12.8 Å². The van der Waals surface area contributed by atoms with Crippen LogP contribution in [0.5, 0.6) is 5.75 Å². The first-order valence-corrected chi connectivity index (χ1v) is 12.1. The van der Waals surface area contributed by atoms with Crippen LogP contribution in [0.4, 0.5) is 5.82 Å². The number of hydrogen-bond acceptors (Lipinski definition) is 5. The molecule has 1 amide bonds. The molecule has 2 aromatic carbocycles. The molecule has 0 aliphatic carbocycles. The zero-order chi connectivity index (χ0) is 24.4. The molecule has 1 fully saturated rings. The molecule has 1 aliphatic heterocycles. The number of amides is 1. The number of benzene rings is 2. The summed E-state index contributed by atoms with van der Waals surface area (Å²) in [4.78, 5) is 19.8. The van der Waals surface area contributed by atoms with Crippen LogP contribution >= 0.6 is 0 Å². The van der Waals surface area contributed by atoms with Crippen LogP contribution < -0.4 is 15.0 Å². The highest BCUT2D eigenvalue weighted by Crippen LogP contribution is 2.28. The number of anilines is 1. The number of nitrogens with zero attached hydrogens (tertiary/aromatic N) is 4. The topological polar surface area (TPSA) is 71.8 Å². The number of aromatic nitrogens is 3. The minimum atomic E-state index is 0.0302. The molecule has 7 nitrogen and oxygen atoms in total. The van der Waals surface area contributed by atoms with E-state index in [1.54, 1.807) is 7.11 Å². The maximum atomic E-state index is 12.8. The molecule has 35 heavy (non-hydrogen) atoms. The highest BCUT2D eigenvalue weighted by Gasteiger charge is 2.26. The third kappa shape index (κ3) is 4.99. The standard InChI is InChI=1S/C28H31N5O2/c1-19-4-6-21(7-5-19)18-29-28(34)23-12-14-32(15-13-23)27-16-20(2)30-26-17-25(31-33(26)27)22-8-10-24(35-3)11-9-22/h4-11,16-17,23H,12-15,18H2,1-3H3,(H,29,34). The van der Waals surface area contributed by atoms with Crippen molar-refractivity contribution < 1.29 is 9.53 Å². The van der Waals surface area contributed by atoms with Gasteiger partial charge in [0.1, 0.15) is 11.6 Å². The molecule has 0 spiro atoms. The lowest BCUT2D eigenvalue weighted by molar-refractivity contribution is -0.125. The van der Waals surface area contributed by atoms with Crippen molar-refractivity contribution in [1.29, 1.82) is 0 Å². The second-order valence-electron chi connectivity index (χ2n) is 9.25. The van der Waals surface area contributed by atoms with Crippen molar-refractivity contribution in [2.24, 2.45) is 5.92 Å². The van der Waals surface area contributed by atoms with E-state index in [1.165, 1.54) is 5.56 Å². The number of piperidine rings is 1. The number of nitrogens with one attached hydrogen (secondary N) is 1. The molecule has 0 radical (unpaired) electrons. The van der Waals surface area contributed by atoms with Gasteiger partial charge < -0.3 is 15.0 Å². The highest BCUT2D eigenvalue weighted by molar-refractivity contribution is 5.79. The monoisotopic (exact) mass is 469 g/mol. The summed E-state index contributed by atoms with van der Waals surface area (Å²) in [6.45, 7) is 6.26. The largest absolute Gasteiger partial charge is 0.497 e. The van der Waals surface area contributed by atoms with Gasteiger partial charge in [-0.15, -0.1) is 0 Å². The first-order chi connectivity index (χ1) is 17.0. The number of hydrogen-bond donors (Lipinski definition) is 1. The highest BCUT2D eigenvalue weighted by atomic mass is 16.5. The normalized spacial score (nSPS) is 14.3. The van der Waals surface area contributed by atoms with Gasteiger partial charge in [-0.2, -0.15) is 9.61 Å². The van der Waals surface area contributed by atoms with E-state index in [-0.39, 0.29) is 11.8 Å². The average Bonchev–Trinajstić information content (AvgIpc) is 3.32. The Balaban J connectivity index is 1.28. The lowest BCUT2D eigenvalue weighted by Crippen LogP contribution is -2.41. The smallest absolute Gasteiger partial charge is 0.223 e. The third-order valence-corrected chi connectivity index (χ3v) is 6.70. The fourth-order valence-corrected chi connectivity index (χ4v) is 4.62. The van der Waals surface area contributed by atoms with E-state index in [2.05, 4.69) is 47.5 Å². The minimum absolute atomic E-state index is 0.0302. The van der Waals surface area contributed by atoms with Crippen molar-refractivity contribution in [3.8, 4) is 17.0 Å². The van der Waals surface area contributed by atoms with Crippen LogP contribution in [-0.4, -0.2) is 40.7 Å². The first-order valence-electron chi connectivity index (χ1n) is 12.1. The lowest BCUT2D eigenvalue weighted by Gasteiger charge is -2.33. The number of carbonyl (C=O) groups is 1. The number of carbonyl (C=O) groups excluding carboxylic acids is 1. The van der Waals surface area contributed by atoms with Gasteiger partial charge in [0.2, 0.25) is 5.91 Å². The Labute approximate surface area is 205 Å². The van der Waals surface area contributed by atoms with Crippen LogP contribution in [0, 0.1) is 19.8 Å². The summed E-state index contributed by atoms with van der Waals surface area (Å²) in [7, 11) is 1.66. The summed E-state index contributed by atoms with van der Waals surface area (Å²) < 4.78 is 7.19. The second kappa shape index (κ2) is 9.78. The van der Waals surface area contributed by atoms with Crippen LogP contribution in [0.1, 0.15) is 29.7 Å². The van der Waals surface area contributed by atoms with Gasteiger partial charge in [-0.25, -0.2) is 4.98 Å². The third-order valence-electron chi connectivity index (χ3n) is 6.70.